The van der Waals surface area contributed by atoms with Gasteiger partial charge in [-0.05, 0) is 81.5 Å². The molecule has 8 nitrogen and oxygen atoms in total. The van der Waals surface area contributed by atoms with E-state index in [-0.39, 0.29) is 6.61 Å². The number of anilines is 3. The van der Waals surface area contributed by atoms with Crippen molar-refractivity contribution in [1.29, 1.82) is 0 Å². The Morgan fingerprint density at radius 2 is 1.85 bits per heavy atom. The maximum atomic E-state index is 11.0. The van der Waals surface area contributed by atoms with Crippen LogP contribution in [0.25, 0.3) is 11.3 Å². The quantitative estimate of drug-likeness (QED) is 0.197. The number of hydrogen-bond acceptors (Lipinski definition) is 8. The molecule has 0 radical (unpaired) electrons. The van der Waals surface area contributed by atoms with Crippen LogP contribution < -0.4 is 16.0 Å². The molecule has 0 amide bonds. The number of aliphatic hydroxyl groups excluding tert-OH is 2. The number of nitrogens with zero attached hydrogens (tertiary/aromatic N) is 4. The Labute approximate surface area is 205 Å². The third kappa shape index (κ3) is 7.63. The molecule has 0 aliphatic carbocycles. The summed E-state index contributed by atoms with van der Waals surface area (Å²) < 4.78 is 0. The van der Waals surface area contributed by atoms with Gasteiger partial charge < -0.3 is 21.3 Å². The summed E-state index contributed by atoms with van der Waals surface area (Å²) in [5, 5.41) is 23.8. The second kappa shape index (κ2) is 13.8. The van der Waals surface area contributed by atoms with Crippen LogP contribution in [0.3, 0.4) is 0 Å². The maximum absolute atomic E-state index is 11.0. The van der Waals surface area contributed by atoms with Crippen molar-refractivity contribution in [3.63, 3.8) is 0 Å². The molecule has 0 saturated heterocycles. The molecule has 0 bridgehead atoms. The number of nitrogens with one attached hydrogen (secondary N) is 1. The number of halogens is 1. The Hall–Kier alpha value is -2.78. The minimum atomic E-state index is -0.825. The standard InChI is InChI=1S/C25H33ClN6O2/c26-20-7-6-8-21(18-20)32(24(34)9-2-3-12-27)25-30-15-11-22(31-25)19-10-14-29-23(17-19)28-13-4-1-5-16-33/h6-8,10-11,14-15,17-18,24,33-34H,1-5,9,12-13,16,27H2,(H,28,29). The zero-order chi connectivity index (χ0) is 24.2. The lowest BCUT2D eigenvalue weighted by molar-refractivity contribution is 0.166. The van der Waals surface area contributed by atoms with Crippen molar-refractivity contribution in [2.45, 2.75) is 44.8 Å². The van der Waals surface area contributed by atoms with E-state index in [4.69, 9.17) is 27.4 Å². The molecule has 0 aliphatic heterocycles. The number of unbranched alkanes of at least 4 members (excludes halogenated alkanes) is 3. The topological polar surface area (TPSA) is 120 Å². The van der Waals surface area contributed by atoms with Gasteiger partial charge in [0.05, 0.1) is 5.69 Å². The van der Waals surface area contributed by atoms with E-state index < -0.39 is 6.23 Å². The van der Waals surface area contributed by atoms with Crippen LogP contribution in [-0.2, 0) is 0 Å². The highest BCUT2D eigenvalue weighted by Crippen LogP contribution is 2.30. The van der Waals surface area contributed by atoms with Gasteiger partial charge in [-0.25, -0.2) is 15.0 Å². The van der Waals surface area contributed by atoms with Crippen molar-refractivity contribution in [1.82, 2.24) is 15.0 Å². The molecule has 2 aromatic heterocycles. The fourth-order valence-electron chi connectivity index (χ4n) is 3.59. The van der Waals surface area contributed by atoms with Gasteiger partial charge in [-0.2, -0.15) is 0 Å². The number of rotatable bonds is 14. The predicted octanol–water partition coefficient (Wildman–Crippen LogP) is 4.35. The molecule has 1 atom stereocenters. The zero-order valence-electron chi connectivity index (χ0n) is 19.3. The van der Waals surface area contributed by atoms with Crippen LogP contribution in [0.5, 0.6) is 0 Å². The van der Waals surface area contributed by atoms with Gasteiger partial charge in [0.25, 0.3) is 0 Å². The number of aliphatic hydroxyl groups is 2. The van der Waals surface area contributed by atoms with Gasteiger partial charge in [-0.15, -0.1) is 0 Å². The van der Waals surface area contributed by atoms with E-state index in [1.54, 1.807) is 29.4 Å². The average Bonchev–Trinajstić information content (AvgIpc) is 2.85. The molecule has 0 saturated carbocycles. The van der Waals surface area contributed by atoms with Crippen molar-refractivity contribution in [2.24, 2.45) is 5.73 Å². The van der Waals surface area contributed by atoms with E-state index in [9.17, 15) is 5.11 Å². The van der Waals surface area contributed by atoms with E-state index in [0.29, 0.717) is 29.6 Å². The molecule has 0 spiro atoms. The highest BCUT2D eigenvalue weighted by Gasteiger charge is 2.21. The summed E-state index contributed by atoms with van der Waals surface area (Å²) in [6, 6.07) is 13.0. The fraction of sp³-hybridized carbons (Fsp3) is 0.400. The Balaban J connectivity index is 1.84. The molecular formula is C25H33ClN6O2. The van der Waals surface area contributed by atoms with Crippen molar-refractivity contribution >= 4 is 29.1 Å². The van der Waals surface area contributed by atoms with Crippen LogP contribution in [0.1, 0.15) is 38.5 Å². The number of benzene rings is 1. The van der Waals surface area contributed by atoms with E-state index in [1.165, 1.54) is 0 Å². The highest BCUT2D eigenvalue weighted by atomic mass is 35.5. The summed E-state index contributed by atoms with van der Waals surface area (Å²) in [6.45, 7) is 1.58. The van der Waals surface area contributed by atoms with Crippen LogP contribution in [0.2, 0.25) is 5.02 Å². The maximum Gasteiger partial charge on any atom is 0.232 e. The van der Waals surface area contributed by atoms with Crippen LogP contribution in [0.4, 0.5) is 17.5 Å². The normalized spacial score (nSPS) is 11.9. The number of pyridine rings is 1. The van der Waals surface area contributed by atoms with Gasteiger partial charge in [0.15, 0.2) is 0 Å². The molecule has 0 fully saturated rings. The van der Waals surface area contributed by atoms with Gasteiger partial charge in [-0.1, -0.05) is 17.7 Å². The minimum absolute atomic E-state index is 0.220. The van der Waals surface area contributed by atoms with E-state index in [0.717, 1.165) is 55.7 Å². The zero-order valence-corrected chi connectivity index (χ0v) is 20.0. The fourth-order valence-corrected chi connectivity index (χ4v) is 3.77. The first-order valence-electron chi connectivity index (χ1n) is 11.7. The van der Waals surface area contributed by atoms with Crippen LogP contribution >= 0.6 is 11.6 Å². The second-order valence-corrected chi connectivity index (χ2v) is 8.43. The van der Waals surface area contributed by atoms with Crippen LogP contribution in [0, 0.1) is 0 Å². The molecule has 3 rings (SSSR count). The monoisotopic (exact) mass is 484 g/mol. The summed E-state index contributed by atoms with van der Waals surface area (Å²) in [7, 11) is 0. The summed E-state index contributed by atoms with van der Waals surface area (Å²) >= 11 is 6.23. The van der Waals surface area contributed by atoms with Crippen molar-refractivity contribution in [3.05, 3.63) is 59.9 Å². The van der Waals surface area contributed by atoms with Gasteiger partial charge in [0, 0.05) is 41.8 Å². The van der Waals surface area contributed by atoms with E-state index in [1.807, 2.05) is 30.3 Å². The number of aromatic nitrogens is 3. The van der Waals surface area contributed by atoms with Gasteiger partial charge >= 0.3 is 0 Å². The van der Waals surface area contributed by atoms with Gasteiger partial charge in [0.2, 0.25) is 5.95 Å². The molecule has 182 valence electrons. The first-order valence-corrected chi connectivity index (χ1v) is 12.1. The summed E-state index contributed by atoms with van der Waals surface area (Å²) in [6.07, 6.45) is 7.46. The van der Waals surface area contributed by atoms with Crippen LogP contribution in [0.15, 0.2) is 54.9 Å². The summed E-state index contributed by atoms with van der Waals surface area (Å²) in [5.74, 6) is 1.14. The first-order chi connectivity index (χ1) is 16.6. The minimum Gasteiger partial charge on any atom is -0.396 e. The van der Waals surface area contributed by atoms with E-state index in [2.05, 4.69) is 15.3 Å². The summed E-state index contributed by atoms with van der Waals surface area (Å²) in [5.41, 5.74) is 7.94. The van der Waals surface area contributed by atoms with Gasteiger partial charge in [-0.3, -0.25) is 4.90 Å². The molecule has 5 N–H and O–H groups in total. The first kappa shape index (κ1) is 25.8. The largest absolute Gasteiger partial charge is 0.396 e. The van der Waals surface area contributed by atoms with Gasteiger partial charge in [0.1, 0.15) is 12.0 Å². The van der Waals surface area contributed by atoms with Crippen molar-refractivity contribution in [3.8, 4) is 11.3 Å². The molecule has 3 aromatic rings. The molecule has 9 heteroatoms. The smallest absolute Gasteiger partial charge is 0.232 e. The average molecular weight is 485 g/mol. The number of hydrogen-bond donors (Lipinski definition) is 4. The second-order valence-electron chi connectivity index (χ2n) is 8.00. The predicted molar refractivity (Wildman–Crippen MR) is 137 cm³/mol. The van der Waals surface area contributed by atoms with Crippen molar-refractivity contribution < 1.29 is 10.2 Å². The molecule has 0 aliphatic rings. The SMILES string of the molecule is NCCCCC(O)N(c1cccc(Cl)c1)c1nccc(-c2ccnc(NCCCCCO)c2)n1. The molecule has 1 unspecified atom stereocenters. The third-order valence-electron chi connectivity index (χ3n) is 5.36. The molecule has 1 aromatic carbocycles. The Morgan fingerprint density at radius 1 is 1.00 bits per heavy atom. The number of nitrogens with two attached hydrogens (primary N) is 1. The highest BCUT2D eigenvalue weighted by molar-refractivity contribution is 6.30. The molecular weight excluding hydrogens is 452 g/mol. The van der Waals surface area contributed by atoms with E-state index >= 15 is 0 Å². The molecule has 34 heavy (non-hydrogen) atoms. The Morgan fingerprint density at radius 3 is 2.65 bits per heavy atom. The Bertz CT molecular complexity index is 1020. The molecule has 2 heterocycles. The lowest BCUT2D eigenvalue weighted by Gasteiger charge is -2.28. The van der Waals surface area contributed by atoms with Crippen LogP contribution in [-0.4, -0.2) is 51.1 Å². The lowest BCUT2D eigenvalue weighted by Crippen LogP contribution is -2.32. The third-order valence-corrected chi connectivity index (χ3v) is 5.59. The van der Waals surface area contributed by atoms with Crippen molar-refractivity contribution in [2.75, 3.05) is 29.9 Å². The summed E-state index contributed by atoms with van der Waals surface area (Å²) in [4.78, 5) is 15.3. The lowest BCUT2D eigenvalue weighted by atomic mass is 10.1. The Kier molecular flexibility index (Phi) is 10.5.